The number of nitrogens with one attached hydrogen (secondary N) is 2. The smallest absolute Gasteiger partial charge is 0.255 e. The number of benzene rings is 2. The Balaban J connectivity index is 2.36. The number of ether oxygens (including phenoxy) is 1. The molecule has 1 amide bonds. The van der Waals surface area contributed by atoms with E-state index in [2.05, 4.69) is 10.0 Å². The molecule has 0 saturated carbocycles. The normalized spacial score (nSPS) is 11.1. The van der Waals surface area contributed by atoms with E-state index in [0.29, 0.717) is 11.3 Å². The zero-order chi connectivity index (χ0) is 17.0. The van der Waals surface area contributed by atoms with Gasteiger partial charge in [-0.05, 0) is 44.3 Å². The number of amides is 1. The molecule has 6 nitrogen and oxygen atoms in total. The molecular formula is C16H18N2O4S. The van der Waals surface area contributed by atoms with Gasteiger partial charge in [0.2, 0.25) is 10.0 Å². The van der Waals surface area contributed by atoms with Crippen LogP contribution in [-0.2, 0) is 10.0 Å². The van der Waals surface area contributed by atoms with Crippen LogP contribution in [0.3, 0.4) is 0 Å². The monoisotopic (exact) mass is 334 g/mol. The Hall–Kier alpha value is -2.38. The first-order chi connectivity index (χ1) is 10.9. The molecule has 23 heavy (non-hydrogen) atoms. The number of methoxy groups -OCH3 is 1. The maximum absolute atomic E-state index is 12.3. The SMILES string of the molecule is CNS(=O)(=O)c1ccc(OC)c(NC(=O)c2ccc(C)cc2)c1. The van der Waals surface area contributed by atoms with Crippen molar-refractivity contribution in [2.45, 2.75) is 11.8 Å². The molecule has 0 bridgehead atoms. The van der Waals surface area contributed by atoms with Crippen molar-refractivity contribution in [1.29, 1.82) is 0 Å². The Morgan fingerprint density at radius 3 is 2.30 bits per heavy atom. The van der Waals surface area contributed by atoms with Gasteiger partial charge in [0, 0.05) is 5.56 Å². The van der Waals surface area contributed by atoms with Crippen LogP contribution >= 0.6 is 0 Å². The molecule has 0 atom stereocenters. The second-order valence-corrected chi connectivity index (χ2v) is 6.78. The van der Waals surface area contributed by atoms with Crippen LogP contribution in [0.25, 0.3) is 0 Å². The second-order valence-electron chi connectivity index (χ2n) is 4.89. The third-order valence-electron chi connectivity index (χ3n) is 3.31. The van der Waals surface area contributed by atoms with E-state index < -0.39 is 10.0 Å². The molecule has 2 N–H and O–H groups in total. The lowest BCUT2D eigenvalue weighted by molar-refractivity contribution is 0.102. The number of hydrogen-bond donors (Lipinski definition) is 2. The number of sulfonamides is 1. The first-order valence-electron chi connectivity index (χ1n) is 6.87. The van der Waals surface area contributed by atoms with E-state index in [0.717, 1.165) is 5.56 Å². The molecule has 0 spiro atoms. The summed E-state index contributed by atoms with van der Waals surface area (Å²) in [5.74, 6) is 0.0304. The van der Waals surface area contributed by atoms with E-state index in [1.165, 1.54) is 32.4 Å². The molecule has 122 valence electrons. The molecule has 0 fully saturated rings. The van der Waals surface area contributed by atoms with Crippen LogP contribution < -0.4 is 14.8 Å². The minimum absolute atomic E-state index is 0.0417. The van der Waals surface area contributed by atoms with Crippen molar-refractivity contribution in [3.63, 3.8) is 0 Å². The van der Waals surface area contributed by atoms with Crippen molar-refractivity contribution in [1.82, 2.24) is 4.72 Å². The first kappa shape index (κ1) is 17.0. The predicted molar refractivity (Wildman–Crippen MR) is 88.4 cm³/mol. The molecule has 2 aromatic rings. The molecular weight excluding hydrogens is 316 g/mol. The largest absolute Gasteiger partial charge is 0.495 e. The van der Waals surface area contributed by atoms with Crippen LogP contribution in [0.5, 0.6) is 5.75 Å². The van der Waals surface area contributed by atoms with Crippen molar-refractivity contribution in [3.8, 4) is 5.75 Å². The van der Waals surface area contributed by atoms with Crippen molar-refractivity contribution >= 4 is 21.6 Å². The molecule has 0 unspecified atom stereocenters. The Bertz CT molecular complexity index is 814. The maximum atomic E-state index is 12.3. The van der Waals surface area contributed by atoms with Gasteiger partial charge in [0.15, 0.2) is 0 Å². The zero-order valence-corrected chi connectivity index (χ0v) is 13.9. The van der Waals surface area contributed by atoms with Crippen molar-refractivity contribution in [2.75, 3.05) is 19.5 Å². The fraction of sp³-hybridized carbons (Fsp3) is 0.188. The third kappa shape index (κ3) is 3.88. The summed E-state index contributed by atoms with van der Waals surface area (Å²) < 4.78 is 31.2. The van der Waals surface area contributed by atoms with Gasteiger partial charge in [-0.3, -0.25) is 4.79 Å². The van der Waals surface area contributed by atoms with Gasteiger partial charge in [0.05, 0.1) is 17.7 Å². The van der Waals surface area contributed by atoms with E-state index in [-0.39, 0.29) is 16.5 Å². The average molecular weight is 334 g/mol. The second kappa shape index (κ2) is 6.80. The Morgan fingerprint density at radius 1 is 1.09 bits per heavy atom. The van der Waals surface area contributed by atoms with E-state index in [4.69, 9.17) is 4.74 Å². The highest BCUT2D eigenvalue weighted by molar-refractivity contribution is 7.89. The van der Waals surface area contributed by atoms with Crippen LogP contribution in [0.4, 0.5) is 5.69 Å². The maximum Gasteiger partial charge on any atom is 0.255 e. The van der Waals surface area contributed by atoms with Crippen LogP contribution in [0, 0.1) is 6.92 Å². The number of carbonyl (C=O) groups is 1. The highest BCUT2D eigenvalue weighted by atomic mass is 32.2. The van der Waals surface area contributed by atoms with E-state index in [9.17, 15) is 13.2 Å². The molecule has 2 rings (SSSR count). The van der Waals surface area contributed by atoms with Gasteiger partial charge >= 0.3 is 0 Å². The molecule has 0 heterocycles. The lowest BCUT2D eigenvalue weighted by Crippen LogP contribution is -2.19. The van der Waals surface area contributed by atoms with Gasteiger partial charge < -0.3 is 10.1 Å². The first-order valence-corrected chi connectivity index (χ1v) is 8.35. The van der Waals surface area contributed by atoms with Gasteiger partial charge in [-0.1, -0.05) is 17.7 Å². The molecule has 0 radical (unpaired) electrons. The van der Waals surface area contributed by atoms with Gasteiger partial charge in [0.25, 0.3) is 5.91 Å². The molecule has 2 aromatic carbocycles. The number of hydrogen-bond acceptors (Lipinski definition) is 4. The number of aryl methyl sites for hydroxylation is 1. The van der Waals surface area contributed by atoms with Gasteiger partial charge in [-0.2, -0.15) is 0 Å². The minimum atomic E-state index is -3.61. The number of carbonyl (C=O) groups excluding carboxylic acids is 1. The third-order valence-corrected chi connectivity index (χ3v) is 4.72. The number of anilines is 1. The molecule has 7 heteroatoms. The van der Waals surface area contributed by atoms with Crippen molar-refractivity contribution in [3.05, 3.63) is 53.6 Å². The minimum Gasteiger partial charge on any atom is -0.495 e. The fourth-order valence-corrected chi connectivity index (χ4v) is 2.73. The predicted octanol–water partition coefficient (Wildman–Crippen LogP) is 2.16. The molecule has 0 aliphatic rings. The Morgan fingerprint density at radius 2 is 1.74 bits per heavy atom. The quantitative estimate of drug-likeness (QED) is 0.877. The summed E-state index contributed by atoms with van der Waals surface area (Å²) >= 11 is 0. The van der Waals surface area contributed by atoms with Gasteiger partial charge in [0.1, 0.15) is 5.75 Å². The Labute approximate surface area is 135 Å². The molecule has 0 aromatic heterocycles. The van der Waals surface area contributed by atoms with Gasteiger partial charge in [-0.15, -0.1) is 0 Å². The van der Waals surface area contributed by atoms with Crippen LogP contribution in [0.2, 0.25) is 0 Å². The molecule has 0 saturated heterocycles. The van der Waals surface area contributed by atoms with Gasteiger partial charge in [-0.25, -0.2) is 13.1 Å². The van der Waals surface area contributed by atoms with Crippen LogP contribution in [0.1, 0.15) is 15.9 Å². The van der Waals surface area contributed by atoms with E-state index in [1.807, 2.05) is 19.1 Å². The lowest BCUT2D eigenvalue weighted by atomic mass is 10.1. The van der Waals surface area contributed by atoms with E-state index in [1.54, 1.807) is 12.1 Å². The van der Waals surface area contributed by atoms with E-state index >= 15 is 0 Å². The summed E-state index contributed by atoms with van der Waals surface area (Å²) in [6, 6.07) is 11.3. The zero-order valence-electron chi connectivity index (χ0n) is 13.1. The Kier molecular flexibility index (Phi) is 5.02. The molecule has 0 aliphatic carbocycles. The lowest BCUT2D eigenvalue weighted by Gasteiger charge is -2.12. The molecule has 0 aliphatic heterocycles. The summed E-state index contributed by atoms with van der Waals surface area (Å²) in [5.41, 5.74) is 1.80. The highest BCUT2D eigenvalue weighted by Crippen LogP contribution is 2.28. The summed E-state index contributed by atoms with van der Waals surface area (Å²) in [6.45, 7) is 1.93. The standard InChI is InChI=1S/C16H18N2O4S/c1-11-4-6-12(7-5-11)16(19)18-14-10-13(23(20,21)17-2)8-9-15(14)22-3/h4-10,17H,1-3H3,(H,18,19). The highest BCUT2D eigenvalue weighted by Gasteiger charge is 2.16. The average Bonchev–Trinajstić information content (AvgIpc) is 2.55. The summed E-state index contributed by atoms with van der Waals surface area (Å²) in [6.07, 6.45) is 0. The summed E-state index contributed by atoms with van der Waals surface area (Å²) in [4.78, 5) is 12.3. The van der Waals surface area contributed by atoms with Crippen molar-refractivity contribution in [2.24, 2.45) is 0 Å². The fourth-order valence-electron chi connectivity index (χ4n) is 1.97. The van der Waals surface area contributed by atoms with Crippen molar-refractivity contribution < 1.29 is 17.9 Å². The summed E-state index contributed by atoms with van der Waals surface area (Å²) in [7, 11) is -0.838. The number of rotatable bonds is 5. The van der Waals surface area contributed by atoms with Crippen LogP contribution in [0.15, 0.2) is 47.4 Å². The van der Waals surface area contributed by atoms with Crippen LogP contribution in [-0.4, -0.2) is 28.5 Å². The summed E-state index contributed by atoms with van der Waals surface area (Å²) in [5, 5.41) is 2.68. The topological polar surface area (TPSA) is 84.5 Å².